The van der Waals surface area contributed by atoms with Crippen LogP contribution in [0.2, 0.25) is 0 Å². The summed E-state index contributed by atoms with van der Waals surface area (Å²) in [6.07, 6.45) is 4.11. The zero-order valence-electron chi connectivity index (χ0n) is 9.37. The van der Waals surface area contributed by atoms with Crippen LogP contribution in [0, 0.1) is 12.3 Å². The highest BCUT2D eigenvalue weighted by molar-refractivity contribution is 5.26. The van der Waals surface area contributed by atoms with E-state index in [1.807, 2.05) is 0 Å². The molecule has 7 heteroatoms. The zero-order valence-corrected chi connectivity index (χ0v) is 9.37. The number of aromatic nitrogens is 2. The number of aliphatic hydroxyl groups excluding tert-OH is 2. The maximum atomic E-state index is 11.6. The molecule has 0 aliphatic carbocycles. The van der Waals surface area contributed by atoms with Crippen molar-refractivity contribution >= 4 is 0 Å². The Labute approximate surface area is 102 Å². The van der Waals surface area contributed by atoms with E-state index >= 15 is 0 Å². The number of hydrogen-bond donors (Lipinski definition) is 3. The third kappa shape index (κ3) is 2.09. The van der Waals surface area contributed by atoms with Crippen LogP contribution in [0.25, 0.3) is 0 Å². The van der Waals surface area contributed by atoms with Crippen molar-refractivity contribution in [3.8, 4) is 12.3 Å². The predicted molar refractivity (Wildman–Crippen MR) is 60.9 cm³/mol. The maximum absolute atomic E-state index is 11.6. The standard InChI is InChI=1S/C11H12N2O5/c1-2-6-4-13(11(17)12-10(6)16)9-3-7(15)8(5-14)18-9/h1,4,7-9,14-15H,3,5H2,(H,12,16,17)/t7-,8?,9?/m1/s1. The second kappa shape index (κ2) is 4.78. The summed E-state index contributed by atoms with van der Waals surface area (Å²) in [6, 6.07) is 0. The van der Waals surface area contributed by atoms with Gasteiger partial charge in [0.05, 0.1) is 12.7 Å². The molecule has 2 rings (SSSR count). The van der Waals surface area contributed by atoms with Gasteiger partial charge in [-0.1, -0.05) is 5.92 Å². The highest BCUT2D eigenvalue weighted by Gasteiger charge is 2.35. The Hall–Kier alpha value is -1.88. The van der Waals surface area contributed by atoms with Gasteiger partial charge in [-0.05, 0) is 0 Å². The second-order valence-corrected chi connectivity index (χ2v) is 3.97. The van der Waals surface area contributed by atoms with Crippen molar-refractivity contribution in [2.45, 2.75) is 24.9 Å². The first kappa shape index (κ1) is 12.6. The molecule has 2 unspecified atom stereocenters. The summed E-state index contributed by atoms with van der Waals surface area (Å²) in [7, 11) is 0. The van der Waals surface area contributed by atoms with Gasteiger partial charge in [0.15, 0.2) is 0 Å². The third-order valence-corrected chi connectivity index (χ3v) is 2.82. The molecule has 1 aromatic rings. The second-order valence-electron chi connectivity index (χ2n) is 3.97. The van der Waals surface area contributed by atoms with E-state index in [2.05, 4.69) is 10.9 Å². The summed E-state index contributed by atoms with van der Waals surface area (Å²) >= 11 is 0. The molecule has 1 fully saturated rings. The van der Waals surface area contributed by atoms with Crippen molar-refractivity contribution in [2.75, 3.05) is 6.61 Å². The van der Waals surface area contributed by atoms with Crippen LogP contribution in [-0.2, 0) is 4.74 Å². The molecular formula is C11H12N2O5. The fourth-order valence-corrected chi connectivity index (χ4v) is 1.85. The summed E-state index contributed by atoms with van der Waals surface area (Å²) in [6.45, 7) is -0.349. The lowest BCUT2D eigenvalue weighted by Gasteiger charge is -2.14. The van der Waals surface area contributed by atoms with Crippen LogP contribution in [0.5, 0.6) is 0 Å². The van der Waals surface area contributed by atoms with Crippen LogP contribution in [0.3, 0.4) is 0 Å². The van der Waals surface area contributed by atoms with E-state index in [1.165, 1.54) is 6.20 Å². The molecule has 0 amide bonds. The number of terminal acetylenes is 1. The topological polar surface area (TPSA) is 105 Å². The van der Waals surface area contributed by atoms with Gasteiger partial charge < -0.3 is 14.9 Å². The number of aliphatic hydroxyl groups is 2. The van der Waals surface area contributed by atoms with Crippen molar-refractivity contribution in [2.24, 2.45) is 0 Å². The van der Waals surface area contributed by atoms with Gasteiger partial charge in [0.25, 0.3) is 5.56 Å². The van der Waals surface area contributed by atoms with Crippen molar-refractivity contribution in [1.82, 2.24) is 9.55 Å². The van der Waals surface area contributed by atoms with Gasteiger partial charge in [0.2, 0.25) is 0 Å². The minimum atomic E-state index is -0.867. The largest absolute Gasteiger partial charge is 0.394 e. The first-order valence-electron chi connectivity index (χ1n) is 5.33. The normalized spacial score (nSPS) is 27.1. The molecule has 96 valence electrons. The van der Waals surface area contributed by atoms with Gasteiger partial charge in [0, 0.05) is 12.6 Å². The van der Waals surface area contributed by atoms with Gasteiger partial charge in [-0.3, -0.25) is 14.3 Å². The Morgan fingerprint density at radius 1 is 1.61 bits per heavy atom. The van der Waals surface area contributed by atoms with Crippen LogP contribution in [0.1, 0.15) is 18.2 Å². The molecule has 0 saturated carbocycles. The lowest BCUT2D eigenvalue weighted by atomic mass is 10.2. The number of H-pyrrole nitrogens is 1. The molecule has 2 heterocycles. The Kier molecular flexibility index (Phi) is 3.34. The molecule has 0 spiro atoms. The van der Waals surface area contributed by atoms with Gasteiger partial charge in [-0.2, -0.15) is 0 Å². The monoisotopic (exact) mass is 252 g/mol. The van der Waals surface area contributed by atoms with E-state index in [9.17, 15) is 14.7 Å². The summed E-state index contributed by atoms with van der Waals surface area (Å²) in [5.41, 5.74) is -1.31. The number of hydrogen-bond acceptors (Lipinski definition) is 5. The fraction of sp³-hybridized carbons (Fsp3) is 0.455. The van der Waals surface area contributed by atoms with Crippen molar-refractivity contribution in [3.05, 3.63) is 32.6 Å². The van der Waals surface area contributed by atoms with Gasteiger partial charge in [0.1, 0.15) is 17.9 Å². The minimum absolute atomic E-state index is 0.000128. The lowest BCUT2D eigenvalue weighted by molar-refractivity contribution is -0.0459. The molecule has 0 aromatic carbocycles. The number of nitrogens with one attached hydrogen (secondary N) is 1. The number of aromatic amines is 1. The first-order chi connectivity index (χ1) is 8.56. The molecule has 1 aromatic heterocycles. The van der Waals surface area contributed by atoms with Crippen LogP contribution < -0.4 is 11.2 Å². The van der Waals surface area contributed by atoms with Crippen molar-refractivity contribution in [3.63, 3.8) is 0 Å². The zero-order chi connectivity index (χ0) is 13.3. The minimum Gasteiger partial charge on any atom is -0.394 e. The smallest absolute Gasteiger partial charge is 0.330 e. The Balaban J connectivity index is 2.39. The Bertz CT molecular complexity index is 597. The van der Waals surface area contributed by atoms with Gasteiger partial charge in [-0.15, -0.1) is 6.42 Å². The molecule has 3 atom stereocenters. The van der Waals surface area contributed by atoms with E-state index in [0.29, 0.717) is 0 Å². The Morgan fingerprint density at radius 3 is 2.89 bits per heavy atom. The number of nitrogens with zero attached hydrogens (tertiary/aromatic N) is 1. The van der Waals surface area contributed by atoms with Crippen molar-refractivity contribution in [1.29, 1.82) is 0 Å². The van der Waals surface area contributed by atoms with Crippen LogP contribution in [0.15, 0.2) is 15.8 Å². The predicted octanol–water partition coefficient (Wildman–Crippen LogP) is -1.84. The summed E-state index contributed by atoms with van der Waals surface area (Å²) in [4.78, 5) is 25.0. The fourth-order valence-electron chi connectivity index (χ4n) is 1.85. The SMILES string of the molecule is C#Cc1cn(C2C[C@@H](O)C(CO)O2)c(=O)[nH]c1=O. The molecule has 1 aliphatic rings. The molecule has 0 bridgehead atoms. The van der Waals surface area contributed by atoms with Crippen molar-refractivity contribution < 1.29 is 14.9 Å². The molecule has 1 aliphatic heterocycles. The van der Waals surface area contributed by atoms with Crippen LogP contribution in [0.4, 0.5) is 0 Å². The average Bonchev–Trinajstić information content (AvgIpc) is 2.70. The van der Waals surface area contributed by atoms with E-state index in [4.69, 9.17) is 16.3 Å². The number of ether oxygens (including phenoxy) is 1. The van der Waals surface area contributed by atoms with E-state index in [1.54, 1.807) is 0 Å². The molecule has 0 radical (unpaired) electrons. The van der Waals surface area contributed by atoms with Gasteiger partial charge >= 0.3 is 5.69 Å². The van der Waals surface area contributed by atoms with Crippen LogP contribution in [-0.4, -0.2) is 38.6 Å². The van der Waals surface area contributed by atoms with Gasteiger partial charge in [-0.25, -0.2) is 4.79 Å². The molecule has 3 N–H and O–H groups in total. The lowest BCUT2D eigenvalue weighted by Crippen LogP contribution is -2.33. The summed E-state index contributed by atoms with van der Waals surface area (Å²) < 4.78 is 6.41. The average molecular weight is 252 g/mol. The molecule has 18 heavy (non-hydrogen) atoms. The highest BCUT2D eigenvalue weighted by atomic mass is 16.5. The molecule has 1 saturated heterocycles. The Morgan fingerprint density at radius 2 is 2.33 bits per heavy atom. The molecule has 7 nitrogen and oxygen atoms in total. The summed E-state index contributed by atoms with van der Waals surface area (Å²) in [5.74, 6) is 2.15. The quantitative estimate of drug-likeness (QED) is 0.536. The number of rotatable bonds is 2. The van der Waals surface area contributed by atoms with E-state index < -0.39 is 29.7 Å². The third-order valence-electron chi connectivity index (χ3n) is 2.82. The first-order valence-corrected chi connectivity index (χ1v) is 5.33. The van der Waals surface area contributed by atoms with E-state index in [-0.39, 0.29) is 18.6 Å². The summed E-state index contributed by atoms with van der Waals surface area (Å²) in [5, 5.41) is 18.5. The van der Waals surface area contributed by atoms with Crippen LogP contribution >= 0.6 is 0 Å². The molecular weight excluding hydrogens is 240 g/mol. The van der Waals surface area contributed by atoms with E-state index in [0.717, 1.165) is 4.57 Å². The highest BCUT2D eigenvalue weighted by Crippen LogP contribution is 2.27. The maximum Gasteiger partial charge on any atom is 0.330 e.